The van der Waals surface area contributed by atoms with Crippen molar-refractivity contribution in [1.29, 1.82) is 0 Å². The van der Waals surface area contributed by atoms with E-state index in [4.69, 9.17) is 5.73 Å². The molecule has 0 spiro atoms. The molecule has 2 N–H and O–H groups in total. The summed E-state index contributed by atoms with van der Waals surface area (Å²) in [6.07, 6.45) is 3.24. The Morgan fingerprint density at radius 1 is 1.45 bits per heavy atom. The Kier molecular flexibility index (Phi) is 6.24. The molecular formula is C16H25BrN2S. The summed E-state index contributed by atoms with van der Waals surface area (Å²) in [5, 5.41) is 0.767. The van der Waals surface area contributed by atoms with Gasteiger partial charge in [0, 0.05) is 34.6 Å². The molecule has 0 aromatic heterocycles. The molecule has 1 aromatic rings. The van der Waals surface area contributed by atoms with E-state index < -0.39 is 0 Å². The van der Waals surface area contributed by atoms with Crippen LogP contribution in [0.2, 0.25) is 0 Å². The van der Waals surface area contributed by atoms with Crippen LogP contribution in [0.1, 0.15) is 32.3 Å². The molecule has 2 unspecified atom stereocenters. The second-order valence-electron chi connectivity index (χ2n) is 5.51. The van der Waals surface area contributed by atoms with Gasteiger partial charge in [-0.1, -0.05) is 19.9 Å². The summed E-state index contributed by atoms with van der Waals surface area (Å²) in [4.78, 5) is 2.51. The molecule has 2 rings (SSSR count). The molecule has 0 radical (unpaired) electrons. The standard InChI is InChI=1S/C16H25BrN2S/c1-3-13(18)9-12-5-6-16(15(17)10-12)19-7-8-20-14(4-2)11-19/h5-6,10,13-14H,3-4,7-9,11,18H2,1-2H3. The Labute approximate surface area is 135 Å². The van der Waals surface area contributed by atoms with Crippen molar-refractivity contribution in [3.63, 3.8) is 0 Å². The highest BCUT2D eigenvalue weighted by atomic mass is 79.9. The molecule has 1 aliphatic heterocycles. The van der Waals surface area contributed by atoms with Gasteiger partial charge in [0.1, 0.15) is 0 Å². The predicted octanol–water partition coefficient (Wildman–Crippen LogP) is 4.06. The molecule has 1 heterocycles. The SMILES string of the molecule is CCC(N)Cc1ccc(N2CCSC(CC)C2)c(Br)c1. The van der Waals surface area contributed by atoms with E-state index in [1.807, 2.05) is 0 Å². The average molecular weight is 357 g/mol. The Morgan fingerprint density at radius 3 is 2.90 bits per heavy atom. The van der Waals surface area contributed by atoms with Crippen molar-refractivity contribution in [1.82, 2.24) is 0 Å². The highest BCUT2D eigenvalue weighted by molar-refractivity contribution is 9.10. The van der Waals surface area contributed by atoms with Gasteiger partial charge in [-0.15, -0.1) is 0 Å². The van der Waals surface area contributed by atoms with Gasteiger partial charge in [-0.3, -0.25) is 0 Å². The zero-order valence-electron chi connectivity index (χ0n) is 12.4. The van der Waals surface area contributed by atoms with E-state index in [-0.39, 0.29) is 6.04 Å². The first-order valence-electron chi connectivity index (χ1n) is 7.54. The maximum absolute atomic E-state index is 6.04. The molecule has 2 nitrogen and oxygen atoms in total. The van der Waals surface area contributed by atoms with Crippen molar-refractivity contribution in [2.75, 3.05) is 23.7 Å². The molecule has 4 heteroatoms. The van der Waals surface area contributed by atoms with Gasteiger partial charge in [0.05, 0.1) is 5.69 Å². The minimum absolute atomic E-state index is 0.267. The van der Waals surface area contributed by atoms with Crippen molar-refractivity contribution in [3.8, 4) is 0 Å². The highest BCUT2D eigenvalue weighted by Crippen LogP contribution is 2.32. The van der Waals surface area contributed by atoms with Gasteiger partial charge in [0.15, 0.2) is 0 Å². The van der Waals surface area contributed by atoms with Crippen molar-refractivity contribution < 1.29 is 0 Å². The van der Waals surface area contributed by atoms with Crippen LogP contribution in [0.4, 0.5) is 5.69 Å². The third-order valence-electron chi connectivity index (χ3n) is 3.97. The van der Waals surface area contributed by atoms with Gasteiger partial charge >= 0.3 is 0 Å². The topological polar surface area (TPSA) is 29.3 Å². The van der Waals surface area contributed by atoms with Crippen molar-refractivity contribution >= 4 is 33.4 Å². The van der Waals surface area contributed by atoms with Gasteiger partial charge < -0.3 is 10.6 Å². The maximum atomic E-state index is 6.04. The zero-order valence-corrected chi connectivity index (χ0v) is 14.8. The second kappa shape index (κ2) is 7.71. The molecule has 20 heavy (non-hydrogen) atoms. The molecule has 112 valence electrons. The first-order chi connectivity index (χ1) is 9.63. The number of benzene rings is 1. The van der Waals surface area contributed by atoms with Crippen LogP contribution in [0, 0.1) is 0 Å². The maximum Gasteiger partial charge on any atom is 0.0511 e. The fourth-order valence-corrected chi connectivity index (χ4v) is 4.42. The minimum Gasteiger partial charge on any atom is -0.369 e. The van der Waals surface area contributed by atoms with E-state index in [2.05, 4.69) is 64.6 Å². The lowest BCUT2D eigenvalue weighted by Crippen LogP contribution is -2.37. The first kappa shape index (κ1) is 16.2. The van der Waals surface area contributed by atoms with E-state index in [1.54, 1.807) is 0 Å². The van der Waals surface area contributed by atoms with E-state index in [1.165, 1.54) is 27.9 Å². The summed E-state index contributed by atoms with van der Waals surface area (Å²) < 4.78 is 1.21. The quantitative estimate of drug-likeness (QED) is 0.862. The fraction of sp³-hybridized carbons (Fsp3) is 0.625. The van der Waals surface area contributed by atoms with Crippen LogP contribution in [-0.4, -0.2) is 30.1 Å². The van der Waals surface area contributed by atoms with E-state index in [0.29, 0.717) is 0 Å². The van der Waals surface area contributed by atoms with Crippen LogP contribution < -0.4 is 10.6 Å². The summed E-state index contributed by atoms with van der Waals surface area (Å²) in [7, 11) is 0. The molecule has 0 bridgehead atoms. The lowest BCUT2D eigenvalue weighted by Gasteiger charge is -2.34. The smallest absolute Gasteiger partial charge is 0.0511 e. The molecule has 1 saturated heterocycles. The molecular weight excluding hydrogens is 332 g/mol. The summed E-state index contributed by atoms with van der Waals surface area (Å²) >= 11 is 5.86. The number of anilines is 1. The van der Waals surface area contributed by atoms with Gasteiger partial charge in [-0.05, 0) is 52.9 Å². The fourth-order valence-electron chi connectivity index (χ4n) is 2.57. The molecule has 1 aliphatic rings. The van der Waals surface area contributed by atoms with Gasteiger partial charge in [0.25, 0.3) is 0 Å². The van der Waals surface area contributed by atoms with Crippen LogP contribution in [0.15, 0.2) is 22.7 Å². The lowest BCUT2D eigenvalue weighted by atomic mass is 10.0. The number of nitrogens with zero attached hydrogens (tertiary/aromatic N) is 1. The Hall–Kier alpha value is -0.190. The summed E-state index contributed by atoms with van der Waals surface area (Å²) in [5.41, 5.74) is 8.70. The number of thioether (sulfide) groups is 1. The van der Waals surface area contributed by atoms with Crippen LogP contribution in [-0.2, 0) is 6.42 Å². The summed E-state index contributed by atoms with van der Waals surface area (Å²) in [5.74, 6) is 1.23. The molecule has 0 saturated carbocycles. The Balaban J connectivity index is 2.09. The van der Waals surface area contributed by atoms with Crippen LogP contribution >= 0.6 is 27.7 Å². The number of hydrogen-bond acceptors (Lipinski definition) is 3. The van der Waals surface area contributed by atoms with E-state index in [9.17, 15) is 0 Å². The molecule has 1 aromatic carbocycles. The average Bonchev–Trinajstić information content (AvgIpc) is 2.47. The lowest BCUT2D eigenvalue weighted by molar-refractivity contribution is 0.646. The van der Waals surface area contributed by atoms with Crippen molar-refractivity contribution in [3.05, 3.63) is 28.2 Å². The monoisotopic (exact) mass is 356 g/mol. The van der Waals surface area contributed by atoms with E-state index in [0.717, 1.165) is 31.2 Å². The third-order valence-corrected chi connectivity index (χ3v) is 5.98. The summed E-state index contributed by atoms with van der Waals surface area (Å²) in [6, 6.07) is 7.00. The van der Waals surface area contributed by atoms with Crippen LogP contribution in [0.25, 0.3) is 0 Å². The summed E-state index contributed by atoms with van der Waals surface area (Å²) in [6.45, 7) is 6.73. The highest BCUT2D eigenvalue weighted by Gasteiger charge is 2.20. The molecule has 2 atom stereocenters. The normalized spacial score (nSPS) is 21.0. The molecule has 0 aliphatic carbocycles. The Morgan fingerprint density at radius 2 is 2.25 bits per heavy atom. The molecule has 0 amide bonds. The third kappa shape index (κ3) is 4.15. The van der Waals surface area contributed by atoms with Crippen LogP contribution in [0.5, 0.6) is 0 Å². The molecule has 1 fully saturated rings. The Bertz CT molecular complexity index is 438. The minimum atomic E-state index is 0.267. The van der Waals surface area contributed by atoms with Crippen molar-refractivity contribution in [2.45, 2.75) is 44.4 Å². The van der Waals surface area contributed by atoms with Crippen LogP contribution in [0.3, 0.4) is 0 Å². The zero-order chi connectivity index (χ0) is 14.5. The number of nitrogens with two attached hydrogens (primary N) is 1. The van der Waals surface area contributed by atoms with Gasteiger partial charge in [-0.2, -0.15) is 11.8 Å². The number of rotatable bonds is 5. The first-order valence-corrected chi connectivity index (χ1v) is 9.38. The second-order valence-corrected chi connectivity index (χ2v) is 7.77. The van der Waals surface area contributed by atoms with Gasteiger partial charge in [0.2, 0.25) is 0 Å². The number of hydrogen-bond donors (Lipinski definition) is 1. The predicted molar refractivity (Wildman–Crippen MR) is 94.9 cm³/mol. The van der Waals surface area contributed by atoms with E-state index >= 15 is 0 Å². The number of halogens is 1. The largest absolute Gasteiger partial charge is 0.369 e. The van der Waals surface area contributed by atoms with Crippen molar-refractivity contribution in [2.24, 2.45) is 5.73 Å². The van der Waals surface area contributed by atoms with Gasteiger partial charge in [-0.25, -0.2) is 0 Å².